The molecular weight excluding hydrogens is 232 g/mol. The second-order valence-corrected chi connectivity index (χ2v) is 5.16. The van der Waals surface area contributed by atoms with Crippen molar-refractivity contribution in [3.05, 3.63) is 54.2 Å². The lowest BCUT2D eigenvalue weighted by atomic mass is 9.97. The van der Waals surface area contributed by atoms with Crippen LogP contribution in [-0.2, 0) is 7.05 Å². The van der Waals surface area contributed by atoms with E-state index in [4.69, 9.17) is 0 Å². The lowest BCUT2D eigenvalue weighted by molar-refractivity contribution is 0.780. The number of nitrogens with zero attached hydrogens (tertiary/aromatic N) is 2. The third-order valence-corrected chi connectivity index (χ3v) is 3.77. The van der Waals surface area contributed by atoms with E-state index in [-0.39, 0.29) is 0 Å². The molecule has 0 atom stereocenters. The van der Waals surface area contributed by atoms with E-state index in [9.17, 15) is 0 Å². The third-order valence-electron chi connectivity index (χ3n) is 3.77. The minimum absolute atomic E-state index is 1.09. The van der Waals surface area contributed by atoms with Crippen molar-refractivity contribution in [2.24, 2.45) is 7.05 Å². The lowest BCUT2D eigenvalue weighted by Gasteiger charge is -2.06. The topological polar surface area (TPSA) is 17.8 Å². The van der Waals surface area contributed by atoms with Crippen molar-refractivity contribution in [1.82, 2.24) is 9.78 Å². The van der Waals surface area contributed by atoms with Gasteiger partial charge in [-0.3, -0.25) is 4.68 Å². The molecule has 4 rings (SSSR count). The Morgan fingerprint density at radius 2 is 1.58 bits per heavy atom. The van der Waals surface area contributed by atoms with Gasteiger partial charge in [-0.05, 0) is 23.1 Å². The summed E-state index contributed by atoms with van der Waals surface area (Å²) in [6.45, 7) is 2.14. The Labute approximate surface area is 111 Å². The highest BCUT2D eigenvalue weighted by molar-refractivity contribution is 6.24. The van der Waals surface area contributed by atoms with Gasteiger partial charge in [0, 0.05) is 24.0 Å². The van der Waals surface area contributed by atoms with Crippen LogP contribution < -0.4 is 0 Å². The van der Waals surface area contributed by atoms with Crippen LogP contribution in [0.3, 0.4) is 0 Å². The molecule has 0 saturated heterocycles. The number of hydrogen-bond acceptors (Lipinski definition) is 1. The Hall–Kier alpha value is -2.35. The monoisotopic (exact) mass is 246 g/mol. The molecule has 0 aliphatic rings. The van der Waals surface area contributed by atoms with E-state index < -0.39 is 0 Å². The molecular formula is C17H14N2. The van der Waals surface area contributed by atoms with Crippen LogP contribution in [0.2, 0.25) is 0 Å². The summed E-state index contributed by atoms with van der Waals surface area (Å²) in [6, 6.07) is 15.2. The molecule has 1 heterocycles. The van der Waals surface area contributed by atoms with Crippen LogP contribution in [0.1, 0.15) is 5.56 Å². The Balaban J connectivity index is 2.42. The minimum Gasteiger partial charge on any atom is -0.275 e. The van der Waals surface area contributed by atoms with E-state index in [1.54, 1.807) is 0 Å². The molecule has 0 spiro atoms. The van der Waals surface area contributed by atoms with Crippen LogP contribution in [0, 0.1) is 6.92 Å². The molecule has 0 N–H and O–H groups in total. The Bertz CT molecular complexity index is 932. The summed E-state index contributed by atoms with van der Waals surface area (Å²) in [5, 5.41) is 11.0. The van der Waals surface area contributed by atoms with Gasteiger partial charge in [-0.2, -0.15) is 5.10 Å². The highest BCUT2D eigenvalue weighted by atomic mass is 15.2. The first kappa shape index (κ1) is 10.6. The molecule has 0 amide bonds. The number of benzene rings is 3. The van der Waals surface area contributed by atoms with E-state index in [1.165, 1.54) is 32.5 Å². The van der Waals surface area contributed by atoms with Crippen molar-refractivity contribution in [2.75, 3.05) is 0 Å². The highest BCUT2D eigenvalue weighted by Gasteiger charge is 2.10. The fraction of sp³-hybridized carbons (Fsp3) is 0.118. The van der Waals surface area contributed by atoms with Gasteiger partial charge in [0.05, 0.1) is 0 Å². The van der Waals surface area contributed by atoms with Crippen LogP contribution in [0.25, 0.3) is 32.4 Å². The molecule has 2 heteroatoms. The summed E-state index contributed by atoms with van der Waals surface area (Å²) in [7, 11) is 1.98. The number of fused-ring (bicyclic) bond motifs is 6. The molecule has 92 valence electrons. The van der Waals surface area contributed by atoms with Crippen LogP contribution in [-0.4, -0.2) is 9.78 Å². The maximum absolute atomic E-state index is 4.64. The summed E-state index contributed by atoms with van der Waals surface area (Å²) in [5.74, 6) is 0. The van der Waals surface area contributed by atoms with Gasteiger partial charge in [0.15, 0.2) is 0 Å². The molecule has 2 nitrogen and oxygen atoms in total. The van der Waals surface area contributed by atoms with Crippen LogP contribution in [0.5, 0.6) is 0 Å². The van der Waals surface area contributed by atoms with Crippen molar-refractivity contribution in [3.8, 4) is 0 Å². The van der Waals surface area contributed by atoms with Crippen LogP contribution in [0.4, 0.5) is 0 Å². The number of hydrogen-bond donors (Lipinski definition) is 0. The second-order valence-electron chi connectivity index (χ2n) is 5.16. The molecule has 1 aromatic heterocycles. The normalized spacial score (nSPS) is 11.7. The van der Waals surface area contributed by atoms with Gasteiger partial charge in [-0.25, -0.2) is 0 Å². The van der Waals surface area contributed by atoms with Gasteiger partial charge in [-0.15, -0.1) is 0 Å². The van der Waals surface area contributed by atoms with Gasteiger partial charge >= 0.3 is 0 Å². The van der Waals surface area contributed by atoms with Crippen molar-refractivity contribution in [2.45, 2.75) is 6.92 Å². The fourth-order valence-corrected chi connectivity index (χ4v) is 2.92. The highest BCUT2D eigenvalue weighted by Crippen LogP contribution is 2.34. The summed E-state index contributed by atoms with van der Waals surface area (Å²) in [6.07, 6.45) is 2.11. The zero-order valence-corrected chi connectivity index (χ0v) is 11.0. The number of aryl methyl sites for hydroxylation is 2. The molecule has 0 aliphatic heterocycles. The molecule has 19 heavy (non-hydrogen) atoms. The van der Waals surface area contributed by atoms with Crippen molar-refractivity contribution >= 4 is 32.4 Å². The van der Waals surface area contributed by atoms with Crippen LogP contribution >= 0.6 is 0 Å². The zero-order valence-electron chi connectivity index (χ0n) is 11.0. The molecule has 3 aromatic carbocycles. The average molecular weight is 246 g/mol. The average Bonchev–Trinajstić information content (AvgIpc) is 2.81. The maximum Gasteiger partial charge on any atom is 0.101 e. The molecule has 0 fully saturated rings. The predicted molar refractivity (Wildman–Crippen MR) is 80.5 cm³/mol. The predicted octanol–water partition coefficient (Wildman–Crippen LogP) is 4.19. The summed E-state index contributed by atoms with van der Waals surface area (Å²) in [5.41, 5.74) is 2.38. The molecule has 0 bridgehead atoms. The van der Waals surface area contributed by atoms with E-state index in [0.717, 1.165) is 5.52 Å². The summed E-state index contributed by atoms with van der Waals surface area (Å²) >= 11 is 0. The number of rotatable bonds is 0. The quantitative estimate of drug-likeness (QED) is 0.425. The van der Waals surface area contributed by atoms with E-state index in [1.807, 2.05) is 11.7 Å². The maximum atomic E-state index is 4.64. The van der Waals surface area contributed by atoms with Gasteiger partial charge in [0.1, 0.15) is 5.52 Å². The minimum atomic E-state index is 1.09. The molecule has 4 aromatic rings. The molecule has 0 radical (unpaired) electrons. The van der Waals surface area contributed by atoms with E-state index in [2.05, 4.69) is 60.7 Å². The molecule has 0 saturated carbocycles. The zero-order chi connectivity index (χ0) is 13.0. The van der Waals surface area contributed by atoms with E-state index >= 15 is 0 Å². The lowest BCUT2D eigenvalue weighted by Crippen LogP contribution is -1.86. The van der Waals surface area contributed by atoms with Crippen molar-refractivity contribution in [3.63, 3.8) is 0 Å². The first-order valence-corrected chi connectivity index (χ1v) is 6.48. The largest absolute Gasteiger partial charge is 0.275 e. The Morgan fingerprint density at radius 3 is 2.37 bits per heavy atom. The summed E-state index contributed by atoms with van der Waals surface area (Å²) in [4.78, 5) is 0. The van der Waals surface area contributed by atoms with Crippen molar-refractivity contribution in [1.29, 1.82) is 0 Å². The molecule has 0 unspecified atom stereocenters. The second kappa shape index (κ2) is 3.58. The van der Waals surface area contributed by atoms with E-state index in [0.29, 0.717) is 0 Å². The standard InChI is InChI=1S/C17H14N2/c1-11-7-8-14-15(9-11)12-5-3-4-6-13(12)16-10-19(2)18-17(14)16/h3-10H,1-2H3. The number of aromatic nitrogens is 2. The SMILES string of the molecule is Cc1ccc2c(c1)c1ccccc1c1cn(C)nc21. The van der Waals surface area contributed by atoms with Gasteiger partial charge < -0.3 is 0 Å². The first-order chi connectivity index (χ1) is 9.24. The fourth-order valence-electron chi connectivity index (χ4n) is 2.92. The van der Waals surface area contributed by atoms with Crippen LogP contribution in [0.15, 0.2) is 48.7 Å². The molecule has 0 aliphatic carbocycles. The Morgan fingerprint density at radius 1 is 0.842 bits per heavy atom. The smallest absolute Gasteiger partial charge is 0.101 e. The van der Waals surface area contributed by atoms with Crippen molar-refractivity contribution < 1.29 is 0 Å². The van der Waals surface area contributed by atoms with Gasteiger partial charge in [0.2, 0.25) is 0 Å². The summed E-state index contributed by atoms with van der Waals surface area (Å²) < 4.78 is 1.90. The third kappa shape index (κ3) is 1.40. The van der Waals surface area contributed by atoms with Gasteiger partial charge in [0.25, 0.3) is 0 Å². The van der Waals surface area contributed by atoms with Gasteiger partial charge in [-0.1, -0.05) is 48.0 Å². The first-order valence-electron chi connectivity index (χ1n) is 6.48. The Kier molecular flexibility index (Phi) is 1.99.